The highest BCUT2D eigenvalue weighted by molar-refractivity contribution is 6.23. The van der Waals surface area contributed by atoms with Crippen molar-refractivity contribution in [2.24, 2.45) is 11.8 Å². The average Bonchev–Trinajstić information content (AvgIpc) is 3.82. The Bertz CT molecular complexity index is 2960. The van der Waals surface area contributed by atoms with Crippen LogP contribution in [0.4, 0.5) is 10.2 Å². The lowest BCUT2D eigenvalue weighted by Gasteiger charge is -2.38. The quantitative estimate of drug-likeness (QED) is 0.156. The highest BCUT2D eigenvalue weighted by Crippen LogP contribution is 2.44. The molecule has 2 aromatic heterocycles. The summed E-state index contributed by atoms with van der Waals surface area (Å²) in [6.07, 6.45) is 13.6. The van der Waals surface area contributed by atoms with E-state index < -0.39 is 35.5 Å². The zero-order valence-electron chi connectivity index (χ0n) is 38.7. The molecule has 2 N–H and O–H groups in total. The van der Waals surface area contributed by atoms with E-state index in [1.54, 1.807) is 18.3 Å². The number of rotatable bonds is 9. The number of fused-ring (bicyclic) bond motifs is 6. The van der Waals surface area contributed by atoms with E-state index in [0.29, 0.717) is 59.2 Å². The van der Waals surface area contributed by atoms with Gasteiger partial charge in [-0.1, -0.05) is 42.3 Å². The number of halogens is 1. The molecular weight excluding hydrogens is 876 g/mol. The number of piperidine rings is 1. The molecule has 7 atom stereocenters. The van der Waals surface area contributed by atoms with E-state index in [2.05, 4.69) is 43.2 Å². The van der Waals surface area contributed by atoms with Crippen LogP contribution in [0.15, 0.2) is 60.8 Å². The van der Waals surface area contributed by atoms with Crippen LogP contribution in [0.3, 0.4) is 0 Å². The van der Waals surface area contributed by atoms with Gasteiger partial charge in [0.15, 0.2) is 5.82 Å². The molecule has 0 radical (unpaired) electrons. The Hall–Kier alpha value is -6.38. The van der Waals surface area contributed by atoms with Crippen molar-refractivity contribution in [2.45, 2.75) is 81.7 Å². The van der Waals surface area contributed by atoms with E-state index in [1.807, 2.05) is 42.5 Å². The number of likely N-dealkylation sites (tertiary alicyclic amines) is 1. The second kappa shape index (κ2) is 17.5. The Morgan fingerprint density at radius 1 is 0.855 bits per heavy atom. The van der Waals surface area contributed by atoms with Crippen LogP contribution < -0.4 is 20.3 Å². The number of hydrogen-bond acceptors (Lipinski definition) is 13. The number of anilines is 1. The fraction of sp³-hybridized carbons (Fsp3) is 0.453. The van der Waals surface area contributed by atoms with E-state index in [1.165, 1.54) is 12.8 Å². The van der Waals surface area contributed by atoms with Crippen LogP contribution in [0.1, 0.15) is 76.8 Å². The number of benzene rings is 3. The third-order valence-electron chi connectivity index (χ3n) is 16.3. The van der Waals surface area contributed by atoms with E-state index in [0.717, 1.165) is 98.1 Å². The van der Waals surface area contributed by atoms with Gasteiger partial charge in [-0.05, 0) is 86.6 Å². The molecule has 354 valence electrons. The lowest BCUT2D eigenvalue weighted by Crippen LogP contribution is -2.56. The monoisotopic (exact) mass is 930 g/mol. The largest absolute Gasteiger partial charge is 0.462 e. The number of terminal acetylenes is 1. The summed E-state index contributed by atoms with van der Waals surface area (Å²) >= 11 is 0. The molecule has 6 fully saturated rings. The number of piperazine rings is 2. The predicted octanol–water partition coefficient (Wildman–Crippen LogP) is 4.60. The fourth-order valence-corrected chi connectivity index (χ4v) is 12.5. The lowest BCUT2D eigenvalue weighted by molar-refractivity contribution is -0.136. The van der Waals surface area contributed by atoms with Crippen LogP contribution in [0.25, 0.3) is 32.9 Å². The van der Waals surface area contributed by atoms with Gasteiger partial charge < -0.3 is 15.0 Å². The predicted molar refractivity (Wildman–Crippen MR) is 257 cm³/mol. The molecule has 8 heterocycles. The second-order valence-electron chi connectivity index (χ2n) is 20.3. The summed E-state index contributed by atoms with van der Waals surface area (Å²) in [6.45, 7) is 6.80. The van der Waals surface area contributed by atoms with E-state index in [4.69, 9.17) is 26.1 Å². The molecule has 4 amide bonds. The number of likely N-dealkylation sites (N-methyl/N-ethyl adjacent to an activating group) is 1. The van der Waals surface area contributed by atoms with Crippen molar-refractivity contribution in [2.75, 3.05) is 64.4 Å². The second-order valence-corrected chi connectivity index (χ2v) is 20.3. The van der Waals surface area contributed by atoms with Gasteiger partial charge >= 0.3 is 6.01 Å². The minimum absolute atomic E-state index is 0.0807. The summed E-state index contributed by atoms with van der Waals surface area (Å²) in [5, 5.41) is 8.41. The first-order chi connectivity index (χ1) is 33.6. The molecule has 5 saturated heterocycles. The van der Waals surface area contributed by atoms with Crippen molar-refractivity contribution in [3.8, 4) is 29.6 Å². The maximum absolute atomic E-state index is 17.3. The van der Waals surface area contributed by atoms with Gasteiger partial charge in [-0.15, -0.1) is 6.42 Å². The molecule has 6 aliphatic heterocycles. The topological polar surface area (TPSA) is 156 Å². The van der Waals surface area contributed by atoms with Crippen molar-refractivity contribution in [1.29, 1.82) is 0 Å². The molecule has 3 aromatic carbocycles. The number of carbonyl (C=O) groups is 4. The van der Waals surface area contributed by atoms with Crippen LogP contribution in [0, 0.1) is 30.0 Å². The summed E-state index contributed by atoms with van der Waals surface area (Å²) in [6, 6.07) is 17.1. The lowest BCUT2D eigenvalue weighted by atomic mass is 9.69. The minimum Gasteiger partial charge on any atom is -0.462 e. The smallest absolute Gasteiger partial charge is 0.319 e. The van der Waals surface area contributed by atoms with Crippen LogP contribution in [0.5, 0.6) is 6.01 Å². The Kier molecular flexibility index (Phi) is 11.2. The van der Waals surface area contributed by atoms with Crippen LogP contribution in [0.2, 0.25) is 0 Å². The Labute approximate surface area is 399 Å². The van der Waals surface area contributed by atoms with E-state index >= 15 is 4.39 Å². The molecule has 15 nitrogen and oxygen atoms in total. The van der Waals surface area contributed by atoms with Gasteiger partial charge in [-0.2, -0.15) is 9.97 Å². The zero-order valence-corrected chi connectivity index (χ0v) is 38.7. The first-order valence-electron chi connectivity index (χ1n) is 24.6. The molecule has 5 unspecified atom stereocenters. The number of pyridine rings is 1. The van der Waals surface area contributed by atoms with Crippen LogP contribution in [-0.4, -0.2) is 148 Å². The van der Waals surface area contributed by atoms with Gasteiger partial charge in [0.05, 0.1) is 16.5 Å². The van der Waals surface area contributed by atoms with Gasteiger partial charge in [0.2, 0.25) is 11.8 Å². The number of imide groups is 2. The maximum Gasteiger partial charge on any atom is 0.319 e. The highest BCUT2D eigenvalue weighted by Gasteiger charge is 2.45. The molecular formula is C53H55FN10O5. The normalized spacial score (nSPS) is 27.5. The number of amides is 4. The van der Waals surface area contributed by atoms with Gasteiger partial charge in [0.25, 0.3) is 11.8 Å². The summed E-state index contributed by atoms with van der Waals surface area (Å²) in [5.74, 6) is 2.43. The molecule has 69 heavy (non-hydrogen) atoms. The molecule has 16 heteroatoms. The first-order valence-corrected chi connectivity index (χ1v) is 24.6. The molecule has 7 aliphatic rings. The number of hydrogen-bond donors (Lipinski definition) is 2. The summed E-state index contributed by atoms with van der Waals surface area (Å²) in [4.78, 5) is 76.2. The zero-order chi connectivity index (χ0) is 47.1. The highest BCUT2D eigenvalue weighted by atomic mass is 19.1. The minimum atomic E-state index is -0.990. The van der Waals surface area contributed by atoms with Gasteiger partial charge in [-0.25, -0.2) is 4.39 Å². The van der Waals surface area contributed by atoms with Crippen molar-refractivity contribution < 1.29 is 28.3 Å². The summed E-state index contributed by atoms with van der Waals surface area (Å²) in [5.41, 5.74) is 3.16. The van der Waals surface area contributed by atoms with Crippen molar-refractivity contribution in [3.05, 3.63) is 88.9 Å². The fourth-order valence-electron chi connectivity index (χ4n) is 12.5. The molecule has 12 rings (SSSR count). The average molecular weight is 931 g/mol. The van der Waals surface area contributed by atoms with Crippen LogP contribution in [-0.2, 0) is 16.1 Å². The molecule has 2 bridgehead atoms. The summed E-state index contributed by atoms with van der Waals surface area (Å²) < 4.78 is 23.8. The molecule has 1 saturated carbocycles. The Balaban J connectivity index is 0.739. The Morgan fingerprint density at radius 3 is 2.35 bits per heavy atom. The first kappa shape index (κ1) is 43.9. The van der Waals surface area contributed by atoms with Gasteiger partial charge in [0.1, 0.15) is 29.7 Å². The standard InChI is InChI=1S/C53H55FN10O5/c1-3-31-6-4-7-32-8-5-9-40(45(31)32)47-46(54)48-42(24-55-47)49(63-26-35-21-33-11-12-34(33)22-36(27-63)56-35)59-53(58-48)69-29-38-23-37(28-60(38)2)62-18-16-61(17-19-62)25-30-10-13-39-41(20-30)52(68)64(51(39)67)43-14-15-44(65)57-50(43)66/h1,4-10,13,20,24,33-38,43,56H,11-12,14-19,21-23,25-29H2,2H3,(H,57,65,66)/t33?,34?,35?,36?,37-,38-,43?/m1/s1. The van der Waals surface area contributed by atoms with Gasteiger partial charge in [0, 0.05) is 106 Å². The molecule has 0 spiro atoms. The Morgan fingerprint density at radius 2 is 1.61 bits per heavy atom. The van der Waals surface area contributed by atoms with E-state index in [-0.39, 0.29) is 41.7 Å². The SMILES string of the molecule is C#Cc1cccc2cccc(-c3ncc4c(N5CC6CC7CCC7CC(C5)N6)nc(OC[C@H]5C[C@@H](N6CCN(Cc7ccc8c(c7)C(=O)N(C7CCC(=O)NC7=O)C8=O)CC6)CN5C)nc4c3F)c12. The maximum atomic E-state index is 17.3. The third-order valence-corrected chi connectivity index (χ3v) is 16.3. The third kappa shape index (κ3) is 7.89. The van der Waals surface area contributed by atoms with Crippen molar-refractivity contribution in [1.82, 2.24) is 45.2 Å². The molecule has 5 aromatic rings. The molecule has 1 aliphatic carbocycles. The van der Waals surface area contributed by atoms with Crippen LogP contribution >= 0.6 is 0 Å². The van der Waals surface area contributed by atoms with Crippen molar-refractivity contribution >= 4 is 51.1 Å². The number of nitrogens with zero attached hydrogens (tertiary/aromatic N) is 8. The number of nitrogens with one attached hydrogen (secondary N) is 2. The van der Waals surface area contributed by atoms with Gasteiger partial charge in [-0.3, -0.25) is 49.1 Å². The van der Waals surface area contributed by atoms with Crippen molar-refractivity contribution in [3.63, 3.8) is 0 Å². The number of ether oxygens (including phenoxy) is 1. The number of aromatic nitrogens is 3. The van der Waals surface area contributed by atoms with E-state index in [9.17, 15) is 19.2 Å². The summed E-state index contributed by atoms with van der Waals surface area (Å²) in [7, 11) is 2.13. The number of carbonyl (C=O) groups excluding carboxylic acids is 4.